The third-order valence-corrected chi connectivity index (χ3v) is 1.78. The summed E-state index contributed by atoms with van der Waals surface area (Å²) in [6, 6.07) is 0. The number of aliphatic hydroxyl groups is 4. The van der Waals surface area contributed by atoms with Crippen molar-refractivity contribution < 1.29 is 30.3 Å². The van der Waals surface area contributed by atoms with Crippen molar-refractivity contribution in [3.05, 3.63) is 0 Å². The number of carbonyl (C=O) groups is 1. The molecule has 10 heteroatoms. The van der Waals surface area contributed by atoms with E-state index < -0.39 is 36.6 Å². The van der Waals surface area contributed by atoms with Crippen molar-refractivity contribution in [3.8, 4) is 0 Å². The van der Waals surface area contributed by atoms with E-state index >= 15 is 0 Å². The van der Waals surface area contributed by atoms with Crippen LogP contribution >= 0.6 is 12.2 Å². The SMILES string of the molecule is NC(=S)N/N=C(/C(=O)O)[C@@H](O)[C@H](O)[C@@H](O)CO. The van der Waals surface area contributed by atoms with Gasteiger partial charge in [-0.15, -0.1) is 0 Å². The highest BCUT2D eigenvalue weighted by Gasteiger charge is 2.32. The van der Waals surface area contributed by atoms with Gasteiger partial charge in [0.05, 0.1) is 6.61 Å². The van der Waals surface area contributed by atoms with Gasteiger partial charge in [0.2, 0.25) is 0 Å². The van der Waals surface area contributed by atoms with E-state index in [9.17, 15) is 15.0 Å². The maximum absolute atomic E-state index is 10.7. The predicted molar refractivity (Wildman–Crippen MR) is 60.1 cm³/mol. The summed E-state index contributed by atoms with van der Waals surface area (Å²) >= 11 is 4.36. The predicted octanol–water partition coefficient (Wildman–Crippen LogP) is -3.66. The average Bonchev–Trinajstić information content (AvgIpc) is 2.25. The van der Waals surface area contributed by atoms with Gasteiger partial charge in [-0.25, -0.2) is 4.79 Å². The molecule has 17 heavy (non-hydrogen) atoms. The molecule has 0 aliphatic heterocycles. The van der Waals surface area contributed by atoms with Crippen LogP contribution in [-0.2, 0) is 4.79 Å². The van der Waals surface area contributed by atoms with E-state index in [1.54, 1.807) is 0 Å². The van der Waals surface area contributed by atoms with Crippen LogP contribution in [0.15, 0.2) is 5.10 Å². The quantitative estimate of drug-likeness (QED) is 0.146. The third-order valence-electron chi connectivity index (χ3n) is 1.69. The Bertz CT molecular complexity index is 323. The Morgan fingerprint density at radius 1 is 1.41 bits per heavy atom. The Morgan fingerprint density at radius 3 is 2.29 bits per heavy atom. The zero-order valence-electron chi connectivity index (χ0n) is 8.52. The fraction of sp³-hybridized carbons (Fsp3) is 0.571. The van der Waals surface area contributed by atoms with E-state index in [0.717, 1.165) is 0 Å². The molecule has 0 heterocycles. The molecule has 98 valence electrons. The summed E-state index contributed by atoms with van der Waals surface area (Å²) in [7, 11) is 0. The van der Waals surface area contributed by atoms with E-state index in [4.69, 9.17) is 21.1 Å². The van der Waals surface area contributed by atoms with E-state index in [2.05, 4.69) is 17.3 Å². The Kier molecular flexibility index (Phi) is 6.53. The standard InChI is InChI=1S/C7H13N3O6S/c8-7(17)10-9-3(6(15)16)5(14)4(13)2(12)1-11/h2,4-5,11-14H,1H2,(H,15,16)(H3,8,10,17)/b9-3+/t2-,4+,5+/m0/s1. The second-order valence-corrected chi connectivity index (χ2v) is 3.40. The number of thiocarbonyl (C=S) groups is 1. The lowest BCUT2D eigenvalue weighted by atomic mass is 10.0. The first-order valence-electron chi connectivity index (χ1n) is 4.32. The van der Waals surface area contributed by atoms with Crippen LogP contribution in [0.5, 0.6) is 0 Å². The van der Waals surface area contributed by atoms with Crippen molar-refractivity contribution >= 4 is 29.0 Å². The number of hydrogen-bond acceptors (Lipinski definition) is 7. The van der Waals surface area contributed by atoms with E-state index in [-0.39, 0.29) is 5.11 Å². The van der Waals surface area contributed by atoms with Crippen LogP contribution in [0.1, 0.15) is 0 Å². The highest BCUT2D eigenvalue weighted by atomic mass is 32.1. The van der Waals surface area contributed by atoms with Gasteiger partial charge in [0.1, 0.15) is 18.3 Å². The maximum Gasteiger partial charge on any atom is 0.354 e. The van der Waals surface area contributed by atoms with Gasteiger partial charge >= 0.3 is 5.97 Å². The highest BCUT2D eigenvalue weighted by Crippen LogP contribution is 2.02. The fourth-order valence-electron chi connectivity index (χ4n) is 0.836. The molecule has 0 aliphatic rings. The molecule has 0 bridgehead atoms. The number of hydrazone groups is 1. The monoisotopic (exact) mass is 267 g/mol. The van der Waals surface area contributed by atoms with Gasteiger partial charge in [-0.2, -0.15) is 5.10 Å². The van der Waals surface area contributed by atoms with E-state index in [1.165, 1.54) is 0 Å². The number of rotatable bonds is 6. The number of aliphatic hydroxyl groups excluding tert-OH is 4. The van der Waals surface area contributed by atoms with Gasteiger partial charge < -0.3 is 31.3 Å². The average molecular weight is 267 g/mol. The van der Waals surface area contributed by atoms with Crippen LogP contribution in [-0.4, -0.2) is 67.2 Å². The minimum absolute atomic E-state index is 0.340. The molecule has 0 spiro atoms. The van der Waals surface area contributed by atoms with E-state index in [1.807, 2.05) is 5.43 Å². The summed E-state index contributed by atoms with van der Waals surface area (Å²) < 4.78 is 0. The molecule has 3 atom stereocenters. The second kappa shape index (κ2) is 7.09. The van der Waals surface area contributed by atoms with Crippen LogP contribution in [0.3, 0.4) is 0 Å². The summed E-state index contributed by atoms with van der Waals surface area (Å²) in [5.41, 5.74) is 6.01. The normalized spacial score (nSPS) is 17.1. The molecule has 0 fully saturated rings. The highest BCUT2D eigenvalue weighted by molar-refractivity contribution is 7.80. The van der Waals surface area contributed by atoms with Gasteiger partial charge in [-0.05, 0) is 12.2 Å². The van der Waals surface area contributed by atoms with Crippen LogP contribution in [0.25, 0.3) is 0 Å². The summed E-state index contributed by atoms with van der Waals surface area (Å²) in [6.07, 6.45) is -5.64. The van der Waals surface area contributed by atoms with Crippen LogP contribution in [0.2, 0.25) is 0 Å². The lowest BCUT2D eigenvalue weighted by Crippen LogP contribution is -2.47. The second-order valence-electron chi connectivity index (χ2n) is 2.96. The topological polar surface area (TPSA) is 169 Å². The van der Waals surface area contributed by atoms with Crippen LogP contribution in [0, 0.1) is 0 Å². The molecule has 0 unspecified atom stereocenters. The van der Waals surface area contributed by atoms with Crippen molar-refractivity contribution in [2.45, 2.75) is 18.3 Å². The van der Waals surface area contributed by atoms with Gasteiger partial charge in [0, 0.05) is 0 Å². The summed E-state index contributed by atoms with van der Waals surface area (Å²) in [6.45, 7) is -0.853. The summed E-state index contributed by atoms with van der Waals surface area (Å²) in [5.74, 6) is -1.65. The Morgan fingerprint density at radius 2 is 1.94 bits per heavy atom. The fourth-order valence-corrected chi connectivity index (χ4v) is 0.882. The molecular weight excluding hydrogens is 254 g/mol. The number of carboxylic acids is 1. The molecule has 0 aromatic heterocycles. The number of hydrogen-bond donors (Lipinski definition) is 7. The molecular formula is C7H13N3O6S. The first-order valence-corrected chi connectivity index (χ1v) is 4.73. The van der Waals surface area contributed by atoms with Crippen LogP contribution < -0.4 is 11.2 Å². The zero-order chi connectivity index (χ0) is 13.6. The van der Waals surface area contributed by atoms with Gasteiger partial charge in [0.15, 0.2) is 10.8 Å². The molecule has 0 saturated carbocycles. The number of nitrogens with one attached hydrogen (secondary N) is 1. The zero-order valence-corrected chi connectivity index (χ0v) is 9.33. The lowest BCUT2D eigenvalue weighted by molar-refractivity contribution is -0.130. The largest absolute Gasteiger partial charge is 0.477 e. The maximum atomic E-state index is 10.7. The Labute approximate surface area is 101 Å². The van der Waals surface area contributed by atoms with E-state index in [0.29, 0.717) is 0 Å². The number of nitrogens with zero attached hydrogens (tertiary/aromatic N) is 1. The number of aliphatic carboxylic acids is 1. The molecule has 0 amide bonds. The molecule has 0 aromatic carbocycles. The van der Waals surface area contributed by atoms with Crippen molar-refractivity contribution in [2.75, 3.05) is 6.61 Å². The molecule has 0 saturated heterocycles. The lowest BCUT2D eigenvalue weighted by Gasteiger charge is -2.20. The molecule has 0 rings (SSSR count). The summed E-state index contributed by atoms with van der Waals surface area (Å²) in [5, 5.41) is 47.7. The molecule has 0 aliphatic carbocycles. The number of carboxylic acid groups (broad SMARTS) is 1. The van der Waals surface area contributed by atoms with Crippen molar-refractivity contribution in [1.29, 1.82) is 0 Å². The first kappa shape index (κ1) is 15.7. The first-order chi connectivity index (χ1) is 7.81. The molecule has 0 radical (unpaired) electrons. The van der Waals surface area contributed by atoms with Crippen LogP contribution in [0.4, 0.5) is 0 Å². The molecule has 8 N–H and O–H groups in total. The van der Waals surface area contributed by atoms with Gasteiger partial charge in [-0.3, -0.25) is 5.43 Å². The minimum atomic E-state index is -2.02. The minimum Gasteiger partial charge on any atom is -0.477 e. The molecule has 9 nitrogen and oxygen atoms in total. The third kappa shape index (κ3) is 5.01. The molecule has 0 aromatic rings. The Hall–Kier alpha value is -1.33. The van der Waals surface area contributed by atoms with Gasteiger partial charge in [-0.1, -0.05) is 0 Å². The van der Waals surface area contributed by atoms with Crippen molar-refractivity contribution in [1.82, 2.24) is 5.43 Å². The summed E-state index contributed by atoms with van der Waals surface area (Å²) in [4.78, 5) is 10.7. The van der Waals surface area contributed by atoms with Crippen molar-refractivity contribution in [3.63, 3.8) is 0 Å². The number of nitrogens with two attached hydrogens (primary N) is 1. The van der Waals surface area contributed by atoms with Crippen molar-refractivity contribution in [2.24, 2.45) is 10.8 Å². The Balaban J connectivity index is 4.88. The van der Waals surface area contributed by atoms with Gasteiger partial charge in [0.25, 0.3) is 0 Å². The smallest absolute Gasteiger partial charge is 0.354 e.